The van der Waals surface area contributed by atoms with E-state index in [1.54, 1.807) is 11.3 Å². The summed E-state index contributed by atoms with van der Waals surface area (Å²) in [5.41, 5.74) is 3.32. The van der Waals surface area contributed by atoms with Crippen LogP contribution in [-0.2, 0) is 4.74 Å². The number of morpholine rings is 1. The second-order valence-corrected chi connectivity index (χ2v) is 10.0. The van der Waals surface area contributed by atoms with Crippen molar-refractivity contribution in [3.8, 4) is 22.6 Å². The van der Waals surface area contributed by atoms with Gasteiger partial charge in [-0.25, -0.2) is 0 Å². The minimum atomic E-state index is -0.0301. The van der Waals surface area contributed by atoms with Crippen molar-refractivity contribution in [2.24, 2.45) is 5.92 Å². The Balaban J connectivity index is 1.29. The first-order valence-corrected chi connectivity index (χ1v) is 12.8. The van der Waals surface area contributed by atoms with E-state index in [-0.39, 0.29) is 11.9 Å². The molecule has 3 aliphatic rings. The number of hydrogen-bond donors (Lipinski definition) is 1. The second-order valence-electron chi connectivity index (χ2n) is 8.99. The molecular weight excluding hydrogens is 448 g/mol. The van der Waals surface area contributed by atoms with Gasteiger partial charge in [-0.15, -0.1) is 11.3 Å². The predicted octanol–water partition coefficient (Wildman–Crippen LogP) is 4.90. The van der Waals surface area contributed by atoms with E-state index >= 15 is 0 Å². The lowest BCUT2D eigenvalue weighted by Crippen LogP contribution is -2.35. The molecule has 2 fully saturated rings. The quantitative estimate of drug-likeness (QED) is 0.548. The van der Waals surface area contributed by atoms with Crippen molar-refractivity contribution >= 4 is 22.2 Å². The number of fused-ring (bicyclic) bond motifs is 1. The van der Waals surface area contributed by atoms with Crippen molar-refractivity contribution in [2.45, 2.75) is 18.9 Å². The van der Waals surface area contributed by atoms with Gasteiger partial charge >= 0.3 is 0 Å². The van der Waals surface area contributed by atoms with E-state index in [0.29, 0.717) is 32.3 Å². The third-order valence-electron chi connectivity index (χ3n) is 6.62. The van der Waals surface area contributed by atoms with E-state index in [1.165, 1.54) is 0 Å². The van der Waals surface area contributed by atoms with Crippen LogP contribution in [0.2, 0.25) is 0 Å². The van der Waals surface area contributed by atoms with Crippen molar-refractivity contribution in [2.75, 3.05) is 44.4 Å². The highest BCUT2D eigenvalue weighted by Gasteiger charge is 2.35. The number of amides is 1. The highest BCUT2D eigenvalue weighted by Crippen LogP contribution is 2.44. The van der Waals surface area contributed by atoms with E-state index in [1.807, 2.05) is 36.4 Å². The molecule has 0 radical (unpaired) electrons. The maximum absolute atomic E-state index is 13.5. The summed E-state index contributed by atoms with van der Waals surface area (Å²) < 4.78 is 17.0. The molecule has 6 nitrogen and oxygen atoms in total. The number of benzene rings is 2. The first kappa shape index (κ1) is 21.5. The summed E-state index contributed by atoms with van der Waals surface area (Å²) in [6.45, 7) is 4.22. The minimum Gasteiger partial charge on any atom is -0.486 e. The summed E-state index contributed by atoms with van der Waals surface area (Å²) in [7, 11) is 0. The highest BCUT2D eigenvalue weighted by molar-refractivity contribution is 7.18. The Morgan fingerprint density at radius 2 is 1.71 bits per heavy atom. The van der Waals surface area contributed by atoms with Crippen LogP contribution in [0.3, 0.4) is 0 Å². The number of nitrogens with one attached hydrogen (secondary N) is 1. The van der Waals surface area contributed by atoms with Gasteiger partial charge in [0.05, 0.1) is 29.1 Å². The van der Waals surface area contributed by atoms with Crippen molar-refractivity contribution in [1.82, 2.24) is 5.32 Å². The molecule has 0 spiro atoms. The van der Waals surface area contributed by atoms with Gasteiger partial charge in [-0.2, -0.15) is 0 Å². The molecule has 3 aromatic rings. The number of nitrogens with zero attached hydrogens (tertiary/aromatic N) is 1. The Morgan fingerprint density at radius 1 is 0.941 bits per heavy atom. The monoisotopic (exact) mass is 476 g/mol. The molecule has 1 saturated heterocycles. The van der Waals surface area contributed by atoms with Crippen LogP contribution >= 0.6 is 11.3 Å². The van der Waals surface area contributed by atoms with Gasteiger partial charge < -0.3 is 24.4 Å². The first-order chi connectivity index (χ1) is 16.8. The zero-order valence-corrected chi connectivity index (χ0v) is 19.8. The summed E-state index contributed by atoms with van der Waals surface area (Å²) >= 11 is 1.57. The Kier molecular flexibility index (Phi) is 5.89. The van der Waals surface area contributed by atoms with Gasteiger partial charge in [0.15, 0.2) is 11.5 Å². The van der Waals surface area contributed by atoms with Gasteiger partial charge in [0.2, 0.25) is 0 Å². The van der Waals surface area contributed by atoms with E-state index < -0.39 is 0 Å². The number of carbonyl (C=O) groups excluding carboxylic acids is 1. The molecule has 7 heteroatoms. The Hall–Kier alpha value is -3.03. The number of thiophene rings is 1. The topological polar surface area (TPSA) is 60.0 Å². The average Bonchev–Trinajstić information content (AvgIpc) is 3.64. The Morgan fingerprint density at radius 3 is 2.47 bits per heavy atom. The molecule has 34 heavy (non-hydrogen) atoms. The van der Waals surface area contributed by atoms with Crippen molar-refractivity contribution in [1.29, 1.82) is 0 Å². The molecule has 1 unspecified atom stereocenters. The first-order valence-electron chi connectivity index (χ1n) is 12.0. The lowest BCUT2D eigenvalue weighted by atomic mass is 10.0. The summed E-state index contributed by atoms with van der Waals surface area (Å²) in [5.74, 6) is 1.98. The third kappa shape index (κ3) is 4.38. The van der Waals surface area contributed by atoms with Gasteiger partial charge in [-0.1, -0.05) is 36.4 Å². The minimum absolute atomic E-state index is 0.0199. The van der Waals surface area contributed by atoms with Crippen molar-refractivity contribution < 1.29 is 19.0 Å². The molecule has 176 valence electrons. The number of hydrogen-bond acceptors (Lipinski definition) is 6. The van der Waals surface area contributed by atoms with E-state index in [0.717, 1.165) is 64.0 Å². The molecule has 1 atom stereocenters. The number of ether oxygens (including phenoxy) is 3. The SMILES string of the molecule is O=C(NC(c1ccc2c(c1)OCCO2)C1CC1)c1cc(-c2ccccc2)c(N2CCOCC2)s1. The fraction of sp³-hybridized carbons (Fsp3) is 0.370. The van der Waals surface area contributed by atoms with Crippen LogP contribution in [0.5, 0.6) is 11.5 Å². The largest absolute Gasteiger partial charge is 0.486 e. The van der Waals surface area contributed by atoms with Crippen LogP contribution in [0, 0.1) is 5.92 Å². The molecule has 3 heterocycles. The lowest BCUT2D eigenvalue weighted by Gasteiger charge is -2.28. The van der Waals surface area contributed by atoms with Crippen LogP contribution in [0.4, 0.5) is 5.00 Å². The third-order valence-corrected chi connectivity index (χ3v) is 7.82. The van der Waals surface area contributed by atoms with Crippen LogP contribution in [-0.4, -0.2) is 45.4 Å². The van der Waals surface area contributed by atoms with E-state index in [9.17, 15) is 4.79 Å². The molecule has 1 amide bonds. The zero-order valence-electron chi connectivity index (χ0n) is 19.0. The molecule has 1 aliphatic carbocycles. The number of carbonyl (C=O) groups is 1. The van der Waals surface area contributed by atoms with E-state index in [4.69, 9.17) is 14.2 Å². The van der Waals surface area contributed by atoms with Gasteiger partial charge in [0.1, 0.15) is 13.2 Å². The van der Waals surface area contributed by atoms with Gasteiger partial charge in [0.25, 0.3) is 5.91 Å². The van der Waals surface area contributed by atoms with Crippen LogP contribution in [0.1, 0.15) is 34.1 Å². The Bertz CT molecular complexity index is 1170. The van der Waals surface area contributed by atoms with Crippen molar-refractivity contribution in [3.05, 3.63) is 65.0 Å². The van der Waals surface area contributed by atoms with E-state index in [2.05, 4.69) is 28.4 Å². The molecular formula is C27H28N2O4S. The zero-order chi connectivity index (χ0) is 22.9. The molecule has 1 saturated carbocycles. The lowest BCUT2D eigenvalue weighted by molar-refractivity contribution is 0.0935. The molecule has 1 aromatic heterocycles. The molecule has 2 aliphatic heterocycles. The smallest absolute Gasteiger partial charge is 0.261 e. The van der Waals surface area contributed by atoms with Crippen LogP contribution in [0.25, 0.3) is 11.1 Å². The molecule has 6 rings (SSSR count). The van der Waals surface area contributed by atoms with Crippen molar-refractivity contribution in [3.63, 3.8) is 0 Å². The van der Waals surface area contributed by atoms with Gasteiger partial charge in [0, 0.05) is 18.7 Å². The van der Waals surface area contributed by atoms with Gasteiger partial charge in [-0.3, -0.25) is 4.79 Å². The summed E-state index contributed by atoms with van der Waals surface area (Å²) in [6.07, 6.45) is 2.25. The molecule has 0 bridgehead atoms. The second kappa shape index (κ2) is 9.31. The average molecular weight is 477 g/mol. The number of rotatable bonds is 6. The molecule has 2 aromatic carbocycles. The fourth-order valence-corrected chi connectivity index (χ4v) is 5.82. The normalized spacial score (nSPS) is 18.4. The fourth-order valence-electron chi connectivity index (χ4n) is 4.69. The Labute approximate surface area is 203 Å². The van der Waals surface area contributed by atoms with Gasteiger partial charge in [-0.05, 0) is 48.1 Å². The van der Waals surface area contributed by atoms with Crippen LogP contribution < -0.4 is 19.7 Å². The molecule has 1 N–H and O–H groups in total. The number of anilines is 1. The maximum atomic E-state index is 13.5. The highest BCUT2D eigenvalue weighted by atomic mass is 32.1. The predicted molar refractivity (Wildman–Crippen MR) is 133 cm³/mol. The standard InChI is InChI=1S/C27H28N2O4S/c30-26(28-25(19-6-7-19)20-8-9-22-23(16-20)33-15-14-32-22)24-17-21(18-4-2-1-3-5-18)27(34-24)29-10-12-31-13-11-29/h1-5,8-9,16-17,19,25H,6-7,10-15H2,(H,28,30). The summed E-state index contributed by atoms with van der Waals surface area (Å²) in [6, 6.07) is 18.4. The summed E-state index contributed by atoms with van der Waals surface area (Å²) in [4.78, 5) is 16.6. The maximum Gasteiger partial charge on any atom is 0.261 e. The van der Waals surface area contributed by atoms with Crippen LogP contribution in [0.15, 0.2) is 54.6 Å². The summed E-state index contributed by atoms with van der Waals surface area (Å²) in [5, 5.41) is 4.49.